The molecule has 6 nitrogen and oxygen atoms in total. The highest BCUT2D eigenvalue weighted by Gasteiger charge is 2.26. The van der Waals surface area contributed by atoms with Crippen molar-refractivity contribution in [3.63, 3.8) is 0 Å². The summed E-state index contributed by atoms with van der Waals surface area (Å²) in [5.74, 6) is -1.24. The summed E-state index contributed by atoms with van der Waals surface area (Å²) in [6.07, 6.45) is 0. The van der Waals surface area contributed by atoms with Crippen LogP contribution in [0.25, 0.3) is 0 Å². The van der Waals surface area contributed by atoms with Gasteiger partial charge in [0.1, 0.15) is 5.00 Å². The Morgan fingerprint density at radius 1 is 1.08 bits per heavy atom. The van der Waals surface area contributed by atoms with Gasteiger partial charge in [0.25, 0.3) is 11.8 Å². The van der Waals surface area contributed by atoms with Gasteiger partial charge in [-0.3, -0.25) is 9.59 Å². The largest absolute Gasteiger partial charge is 0.465 e. The number of hydrogen-bond acceptors (Lipinski definition) is 5. The second-order valence-electron chi connectivity index (χ2n) is 5.70. The molecule has 1 aromatic heterocycles. The molecule has 0 saturated heterocycles. The van der Waals surface area contributed by atoms with Crippen LogP contribution in [0.1, 0.15) is 49.8 Å². The summed E-state index contributed by atoms with van der Waals surface area (Å²) < 4.78 is 4.80. The number of rotatable bonds is 5. The summed E-state index contributed by atoms with van der Waals surface area (Å²) in [6, 6.07) is 8.59. The minimum Gasteiger partial charge on any atom is -0.465 e. The van der Waals surface area contributed by atoms with Crippen molar-refractivity contribution in [2.24, 2.45) is 0 Å². The fourth-order valence-electron chi connectivity index (χ4n) is 2.26. The van der Waals surface area contributed by atoms with Gasteiger partial charge in [-0.2, -0.15) is 0 Å². The molecule has 0 atom stereocenters. The van der Waals surface area contributed by atoms with E-state index in [-0.39, 0.29) is 23.4 Å². The average molecular weight is 360 g/mol. The number of thiophene rings is 1. The third kappa shape index (κ3) is 4.24. The number of nitrogens with one attached hydrogen (secondary N) is 2. The zero-order valence-electron chi connectivity index (χ0n) is 14.5. The van der Waals surface area contributed by atoms with E-state index in [2.05, 4.69) is 10.6 Å². The molecule has 1 aromatic carbocycles. The minimum atomic E-state index is -0.597. The van der Waals surface area contributed by atoms with Crippen LogP contribution in [-0.4, -0.2) is 30.9 Å². The smallest absolute Gasteiger partial charge is 0.341 e. The van der Waals surface area contributed by atoms with Gasteiger partial charge in [-0.15, -0.1) is 11.3 Å². The van der Waals surface area contributed by atoms with Crippen LogP contribution >= 0.6 is 11.3 Å². The maximum atomic E-state index is 12.4. The van der Waals surface area contributed by atoms with E-state index in [0.717, 1.165) is 11.3 Å². The number of hydrogen-bond donors (Lipinski definition) is 2. The number of esters is 1. The summed E-state index contributed by atoms with van der Waals surface area (Å²) in [7, 11) is 1.26. The molecule has 0 fully saturated rings. The van der Waals surface area contributed by atoms with Crippen LogP contribution in [0, 0.1) is 6.92 Å². The Morgan fingerprint density at radius 2 is 1.72 bits per heavy atom. The first-order chi connectivity index (χ1) is 11.8. The summed E-state index contributed by atoms with van der Waals surface area (Å²) in [5, 5.41) is 5.80. The van der Waals surface area contributed by atoms with Crippen LogP contribution in [0.3, 0.4) is 0 Å². The Labute approximate surface area is 150 Å². The molecule has 2 amide bonds. The van der Waals surface area contributed by atoms with E-state index in [0.29, 0.717) is 21.0 Å². The lowest BCUT2D eigenvalue weighted by Gasteiger charge is -2.07. The van der Waals surface area contributed by atoms with Crippen molar-refractivity contribution in [2.75, 3.05) is 12.4 Å². The molecule has 0 unspecified atom stereocenters. The molecule has 25 heavy (non-hydrogen) atoms. The third-order valence-electron chi connectivity index (χ3n) is 3.43. The van der Waals surface area contributed by atoms with Gasteiger partial charge in [0, 0.05) is 11.6 Å². The lowest BCUT2D eigenvalue weighted by atomic mass is 10.1. The number of methoxy groups -OCH3 is 1. The summed E-state index contributed by atoms with van der Waals surface area (Å²) in [5.41, 5.74) is 1.14. The quantitative estimate of drug-likeness (QED) is 0.802. The van der Waals surface area contributed by atoms with Gasteiger partial charge in [0.2, 0.25) is 0 Å². The van der Waals surface area contributed by atoms with Crippen LogP contribution < -0.4 is 10.6 Å². The van der Waals surface area contributed by atoms with Gasteiger partial charge in [-0.1, -0.05) is 18.2 Å². The number of carbonyl (C=O) groups excluding carboxylic acids is 3. The van der Waals surface area contributed by atoms with E-state index in [1.54, 1.807) is 37.3 Å². The highest BCUT2D eigenvalue weighted by atomic mass is 32.1. The van der Waals surface area contributed by atoms with Crippen molar-refractivity contribution in [1.29, 1.82) is 0 Å². The molecule has 0 spiro atoms. The fourth-order valence-corrected chi connectivity index (χ4v) is 3.35. The van der Waals surface area contributed by atoms with E-state index in [1.807, 2.05) is 13.8 Å². The number of anilines is 1. The predicted octanol–water partition coefficient (Wildman–Crippen LogP) is 3.23. The molecule has 0 aliphatic heterocycles. The fraction of sp³-hybridized carbons (Fsp3) is 0.278. The van der Waals surface area contributed by atoms with E-state index in [9.17, 15) is 14.4 Å². The highest BCUT2D eigenvalue weighted by Crippen LogP contribution is 2.34. The van der Waals surface area contributed by atoms with Gasteiger partial charge in [-0.05, 0) is 38.5 Å². The van der Waals surface area contributed by atoms with Gasteiger partial charge >= 0.3 is 5.97 Å². The second kappa shape index (κ2) is 7.94. The van der Waals surface area contributed by atoms with Gasteiger partial charge < -0.3 is 15.4 Å². The molecule has 2 N–H and O–H groups in total. The standard InChI is InChI=1S/C18H20N2O4S/c1-10(2)19-16(22)14-11(3)13(18(23)24-4)17(25-14)20-15(21)12-8-6-5-7-9-12/h5-10H,1-4H3,(H,19,22)(H,20,21). The van der Waals surface area contributed by atoms with E-state index < -0.39 is 5.97 Å². The molecule has 0 saturated carbocycles. The molecule has 2 rings (SSSR count). The first kappa shape index (κ1) is 18.7. The van der Waals surface area contributed by atoms with Crippen molar-refractivity contribution in [3.05, 3.63) is 51.9 Å². The molecule has 1 heterocycles. The number of amides is 2. The Kier molecular flexibility index (Phi) is 5.93. The lowest BCUT2D eigenvalue weighted by molar-refractivity contribution is 0.0601. The first-order valence-corrected chi connectivity index (χ1v) is 8.55. The number of ether oxygens (including phenoxy) is 1. The predicted molar refractivity (Wildman–Crippen MR) is 97.4 cm³/mol. The maximum Gasteiger partial charge on any atom is 0.341 e. The normalized spacial score (nSPS) is 10.4. The number of carbonyl (C=O) groups is 3. The SMILES string of the molecule is COC(=O)c1c(NC(=O)c2ccccc2)sc(C(=O)NC(C)C)c1C. The van der Waals surface area contributed by atoms with Gasteiger partial charge in [0.05, 0.1) is 17.6 Å². The van der Waals surface area contributed by atoms with Crippen molar-refractivity contribution in [2.45, 2.75) is 26.8 Å². The molecule has 132 valence electrons. The molecule has 0 aliphatic rings. The lowest BCUT2D eigenvalue weighted by Crippen LogP contribution is -2.29. The van der Waals surface area contributed by atoms with Crippen LogP contribution in [0.5, 0.6) is 0 Å². The monoisotopic (exact) mass is 360 g/mol. The van der Waals surface area contributed by atoms with E-state index in [1.165, 1.54) is 7.11 Å². The minimum absolute atomic E-state index is 0.0436. The molecular weight excluding hydrogens is 340 g/mol. The molecule has 0 radical (unpaired) electrons. The van der Waals surface area contributed by atoms with Crippen molar-refractivity contribution in [3.8, 4) is 0 Å². The van der Waals surface area contributed by atoms with E-state index in [4.69, 9.17) is 4.74 Å². The summed E-state index contributed by atoms with van der Waals surface area (Å²) in [4.78, 5) is 37.2. The molecule has 0 bridgehead atoms. The molecule has 0 aliphatic carbocycles. The maximum absolute atomic E-state index is 12.4. The van der Waals surface area contributed by atoms with Crippen molar-refractivity contribution >= 4 is 34.1 Å². The zero-order chi connectivity index (χ0) is 18.6. The summed E-state index contributed by atoms with van der Waals surface area (Å²) in [6.45, 7) is 5.36. The van der Waals surface area contributed by atoms with Crippen molar-refractivity contribution in [1.82, 2.24) is 5.32 Å². The Bertz CT molecular complexity index is 797. The van der Waals surface area contributed by atoms with Crippen LogP contribution in [0.4, 0.5) is 5.00 Å². The van der Waals surface area contributed by atoms with Gasteiger partial charge in [0.15, 0.2) is 0 Å². The Morgan fingerprint density at radius 3 is 2.28 bits per heavy atom. The van der Waals surface area contributed by atoms with Crippen LogP contribution in [0.15, 0.2) is 30.3 Å². The highest BCUT2D eigenvalue weighted by molar-refractivity contribution is 7.18. The van der Waals surface area contributed by atoms with E-state index >= 15 is 0 Å². The molecular formula is C18H20N2O4S. The molecule has 7 heteroatoms. The topological polar surface area (TPSA) is 84.5 Å². The van der Waals surface area contributed by atoms with Crippen LogP contribution in [0.2, 0.25) is 0 Å². The first-order valence-electron chi connectivity index (χ1n) is 7.74. The second-order valence-corrected chi connectivity index (χ2v) is 6.72. The van der Waals surface area contributed by atoms with Crippen molar-refractivity contribution < 1.29 is 19.1 Å². The zero-order valence-corrected chi connectivity index (χ0v) is 15.3. The van der Waals surface area contributed by atoms with Crippen LogP contribution in [-0.2, 0) is 4.74 Å². The third-order valence-corrected chi connectivity index (χ3v) is 4.63. The summed E-state index contributed by atoms with van der Waals surface area (Å²) >= 11 is 1.06. The number of benzene rings is 1. The average Bonchev–Trinajstić information content (AvgIpc) is 2.90. The molecule has 2 aromatic rings. The Hall–Kier alpha value is -2.67. The Balaban J connectivity index is 2.40. The van der Waals surface area contributed by atoms with Gasteiger partial charge in [-0.25, -0.2) is 4.79 Å².